The fourth-order valence-corrected chi connectivity index (χ4v) is 2.95. The fraction of sp³-hybridized carbons (Fsp3) is 0.450. The standard InChI is InChI=1S/C20H28N4O2.HI/c1-15-4-5-17(19(10-15)26-18-7-9-25-14-18)12-23-20(21-2)22-11-16-6-8-24(3)13-16;/h4-6,8,10,13,18H,7,9,11-12,14H2,1-3H3,(H2,21,22,23);1H. The number of rotatable bonds is 6. The summed E-state index contributed by atoms with van der Waals surface area (Å²) in [5.74, 6) is 1.69. The quantitative estimate of drug-likeness (QED) is 0.376. The highest BCUT2D eigenvalue weighted by molar-refractivity contribution is 14.0. The molecule has 1 unspecified atom stereocenters. The largest absolute Gasteiger partial charge is 0.488 e. The normalized spacial score (nSPS) is 16.7. The third-order valence-electron chi connectivity index (χ3n) is 4.43. The minimum Gasteiger partial charge on any atom is -0.488 e. The van der Waals surface area contributed by atoms with E-state index in [1.807, 2.05) is 17.8 Å². The first kappa shape index (κ1) is 21.6. The van der Waals surface area contributed by atoms with Crippen LogP contribution in [0.5, 0.6) is 5.75 Å². The third kappa shape index (κ3) is 6.42. The molecular weight excluding hydrogens is 455 g/mol. The average molecular weight is 484 g/mol. The van der Waals surface area contributed by atoms with Crippen molar-refractivity contribution in [2.24, 2.45) is 12.0 Å². The van der Waals surface area contributed by atoms with Crippen molar-refractivity contribution in [3.05, 3.63) is 53.3 Å². The number of ether oxygens (including phenoxy) is 2. The van der Waals surface area contributed by atoms with Gasteiger partial charge in [0.1, 0.15) is 11.9 Å². The molecule has 7 heteroatoms. The number of hydrogen-bond donors (Lipinski definition) is 2. The molecule has 0 aliphatic carbocycles. The van der Waals surface area contributed by atoms with Gasteiger partial charge >= 0.3 is 0 Å². The van der Waals surface area contributed by atoms with E-state index < -0.39 is 0 Å². The second-order valence-electron chi connectivity index (χ2n) is 6.68. The number of hydrogen-bond acceptors (Lipinski definition) is 3. The molecule has 6 nitrogen and oxygen atoms in total. The molecular formula is C20H29IN4O2. The number of benzene rings is 1. The second kappa shape index (κ2) is 10.6. The number of nitrogens with zero attached hydrogens (tertiary/aromatic N) is 2. The molecule has 148 valence electrons. The first-order valence-corrected chi connectivity index (χ1v) is 9.03. The molecule has 1 fully saturated rings. The van der Waals surface area contributed by atoms with Crippen molar-refractivity contribution in [1.82, 2.24) is 15.2 Å². The fourth-order valence-electron chi connectivity index (χ4n) is 2.95. The Morgan fingerprint density at radius 1 is 1.30 bits per heavy atom. The predicted molar refractivity (Wildman–Crippen MR) is 119 cm³/mol. The van der Waals surface area contributed by atoms with Crippen molar-refractivity contribution in [2.45, 2.75) is 32.5 Å². The topological polar surface area (TPSA) is 59.8 Å². The number of halogens is 1. The monoisotopic (exact) mass is 484 g/mol. The lowest BCUT2D eigenvalue weighted by Crippen LogP contribution is -2.36. The lowest BCUT2D eigenvalue weighted by atomic mass is 10.1. The van der Waals surface area contributed by atoms with Crippen LogP contribution in [-0.2, 0) is 24.9 Å². The van der Waals surface area contributed by atoms with Crippen LogP contribution in [0.25, 0.3) is 0 Å². The zero-order chi connectivity index (χ0) is 18.4. The van der Waals surface area contributed by atoms with Crippen molar-refractivity contribution in [3.8, 4) is 5.75 Å². The van der Waals surface area contributed by atoms with E-state index in [0.29, 0.717) is 13.2 Å². The molecule has 2 N–H and O–H groups in total. The molecule has 0 spiro atoms. The Morgan fingerprint density at radius 3 is 2.78 bits per heavy atom. The van der Waals surface area contributed by atoms with Gasteiger partial charge in [-0.25, -0.2) is 0 Å². The van der Waals surface area contributed by atoms with Crippen molar-refractivity contribution in [3.63, 3.8) is 0 Å². The number of aliphatic imine (C=N–C) groups is 1. The van der Waals surface area contributed by atoms with Crippen LogP contribution in [0.3, 0.4) is 0 Å². The Hall–Kier alpha value is -1.74. The summed E-state index contributed by atoms with van der Waals surface area (Å²) < 4.78 is 13.6. The molecule has 1 atom stereocenters. The van der Waals surface area contributed by atoms with Gasteiger partial charge < -0.3 is 24.7 Å². The maximum atomic E-state index is 6.16. The molecule has 1 aliphatic rings. The maximum Gasteiger partial charge on any atom is 0.191 e. The van der Waals surface area contributed by atoms with Crippen molar-refractivity contribution in [1.29, 1.82) is 0 Å². The Morgan fingerprint density at radius 2 is 2.11 bits per heavy atom. The van der Waals surface area contributed by atoms with Gasteiger partial charge in [-0.1, -0.05) is 12.1 Å². The lowest BCUT2D eigenvalue weighted by molar-refractivity contribution is 0.140. The van der Waals surface area contributed by atoms with Crippen LogP contribution < -0.4 is 15.4 Å². The van der Waals surface area contributed by atoms with Crippen LogP contribution in [0.4, 0.5) is 0 Å². The summed E-state index contributed by atoms with van der Waals surface area (Å²) in [7, 11) is 3.80. The van der Waals surface area contributed by atoms with Gasteiger partial charge in [0.05, 0.1) is 13.2 Å². The van der Waals surface area contributed by atoms with E-state index in [2.05, 4.69) is 53.0 Å². The molecule has 2 aromatic rings. The highest BCUT2D eigenvalue weighted by Crippen LogP contribution is 2.23. The molecule has 2 heterocycles. The summed E-state index contributed by atoms with van der Waals surface area (Å²) in [6.07, 6.45) is 5.22. The number of aromatic nitrogens is 1. The first-order chi connectivity index (χ1) is 12.6. The summed E-state index contributed by atoms with van der Waals surface area (Å²) >= 11 is 0. The van der Waals surface area contributed by atoms with E-state index in [9.17, 15) is 0 Å². The Bertz CT molecular complexity index is 754. The first-order valence-electron chi connectivity index (χ1n) is 9.03. The van der Waals surface area contributed by atoms with E-state index in [-0.39, 0.29) is 30.1 Å². The van der Waals surface area contributed by atoms with Gasteiger partial charge in [0.25, 0.3) is 0 Å². The van der Waals surface area contributed by atoms with Crippen LogP contribution in [-0.4, -0.2) is 36.9 Å². The van der Waals surface area contributed by atoms with Gasteiger partial charge in [0.2, 0.25) is 0 Å². The van der Waals surface area contributed by atoms with Crippen LogP contribution >= 0.6 is 24.0 Å². The van der Waals surface area contributed by atoms with E-state index >= 15 is 0 Å². The average Bonchev–Trinajstić information content (AvgIpc) is 3.28. The third-order valence-corrected chi connectivity index (χ3v) is 4.43. The van der Waals surface area contributed by atoms with Gasteiger partial charge in [0, 0.05) is 51.6 Å². The zero-order valence-corrected chi connectivity index (χ0v) is 18.5. The lowest BCUT2D eigenvalue weighted by Gasteiger charge is -2.18. The van der Waals surface area contributed by atoms with Crippen LogP contribution in [0, 0.1) is 6.92 Å². The Balaban J connectivity index is 0.00000261. The molecule has 0 radical (unpaired) electrons. The van der Waals surface area contributed by atoms with Crippen LogP contribution in [0.1, 0.15) is 23.1 Å². The van der Waals surface area contributed by atoms with Gasteiger partial charge in [0.15, 0.2) is 5.96 Å². The maximum absolute atomic E-state index is 6.16. The molecule has 3 rings (SSSR count). The van der Waals surface area contributed by atoms with Gasteiger partial charge in [-0.3, -0.25) is 4.99 Å². The molecule has 0 amide bonds. The summed E-state index contributed by atoms with van der Waals surface area (Å²) in [4.78, 5) is 4.30. The van der Waals surface area contributed by atoms with Gasteiger partial charge in [-0.05, 0) is 30.2 Å². The predicted octanol–water partition coefficient (Wildman–Crippen LogP) is 2.98. The van der Waals surface area contributed by atoms with Gasteiger partial charge in [-0.15, -0.1) is 24.0 Å². The molecule has 0 bridgehead atoms. The summed E-state index contributed by atoms with van der Waals surface area (Å²) in [6, 6.07) is 8.40. The van der Waals surface area contributed by atoms with E-state index in [1.54, 1.807) is 7.05 Å². The Labute approximate surface area is 178 Å². The molecule has 0 saturated carbocycles. The molecule has 1 aliphatic heterocycles. The zero-order valence-electron chi connectivity index (χ0n) is 16.2. The van der Waals surface area contributed by atoms with Crippen LogP contribution in [0.2, 0.25) is 0 Å². The smallest absolute Gasteiger partial charge is 0.191 e. The molecule has 1 saturated heterocycles. The number of aryl methyl sites for hydroxylation is 2. The van der Waals surface area contributed by atoms with Crippen molar-refractivity contribution >= 4 is 29.9 Å². The molecule has 1 aromatic carbocycles. The molecule has 1 aromatic heterocycles. The minimum absolute atomic E-state index is 0. The van der Waals surface area contributed by atoms with E-state index in [1.165, 1.54) is 11.1 Å². The molecule has 27 heavy (non-hydrogen) atoms. The highest BCUT2D eigenvalue weighted by Gasteiger charge is 2.18. The van der Waals surface area contributed by atoms with Gasteiger partial charge in [-0.2, -0.15) is 0 Å². The number of guanidine groups is 1. The minimum atomic E-state index is 0. The number of nitrogens with one attached hydrogen (secondary N) is 2. The Kier molecular flexibility index (Phi) is 8.43. The van der Waals surface area contributed by atoms with Crippen molar-refractivity contribution in [2.75, 3.05) is 20.3 Å². The summed E-state index contributed by atoms with van der Waals surface area (Å²) in [5, 5.41) is 6.71. The SMILES string of the molecule is CN=C(NCc1ccn(C)c1)NCc1ccc(C)cc1OC1CCOC1.I. The van der Waals surface area contributed by atoms with Crippen molar-refractivity contribution < 1.29 is 9.47 Å². The summed E-state index contributed by atoms with van der Waals surface area (Å²) in [5.41, 5.74) is 3.52. The van der Waals surface area contributed by atoms with E-state index in [4.69, 9.17) is 9.47 Å². The second-order valence-corrected chi connectivity index (χ2v) is 6.68. The van der Waals surface area contributed by atoms with Crippen LogP contribution in [0.15, 0.2) is 41.7 Å². The van der Waals surface area contributed by atoms with E-state index in [0.717, 1.165) is 36.8 Å². The highest BCUT2D eigenvalue weighted by atomic mass is 127. The summed E-state index contributed by atoms with van der Waals surface area (Å²) in [6.45, 7) is 4.91.